The molecule has 160 valence electrons. The SMILES string of the molecule is Cc1ccc(C(=O)NC2CC2)cc1-n1ccnc(NCCc2ccc(CN)cc2)c1=O. The number of hydrogen-bond acceptors (Lipinski definition) is 5. The van der Waals surface area contributed by atoms with Crippen LogP contribution in [0, 0.1) is 6.92 Å². The second kappa shape index (κ2) is 9.14. The van der Waals surface area contributed by atoms with Gasteiger partial charge in [0.25, 0.3) is 11.5 Å². The molecule has 1 heterocycles. The number of aromatic nitrogens is 2. The molecule has 1 fully saturated rings. The number of carbonyl (C=O) groups excluding carboxylic acids is 1. The molecule has 1 aliphatic carbocycles. The van der Waals surface area contributed by atoms with Crippen LogP contribution in [0.1, 0.15) is 39.9 Å². The zero-order valence-corrected chi connectivity index (χ0v) is 17.6. The second-order valence-corrected chi connectivity index (χ2v) is 7.90. The standard InChI is InChI=1S/C24H27N5O2/c1-16-2-7-19(23(30)28-20-8-9-20)14-21(16)29-13-12-27-22(24(29)31)26-11-10-17-3-5-18(15-25)6-4-17/h2-7,12-14,20H,8-11,15,25H2,1H3,(H,26,27)(H,28,30). The third-order valence-corrected chi connectivity index (χ3v) is 5.45. The van der Waals surface area contributed by atoms with E-state index in [0.717, 1.165) is 36.0 Å². The maximum absolute atomic E-state index is 13.0. The van der Waals surface area contributed by atoms with Gasteiger partial charge in [0.15, 0.2) is 5.82 Å². The summed E-state index contributed by atoms with van der Waals surface area (Å²) >= 11 is 0. The van der Waals surface area contributed by atoms with Gasteiger partial charge in [0, 0.05) is 37.1 Å². The molecule has 7 heteroatoms. The Morgan fingerprint density at radius 1 is 1.16 bits per heavy atom. The van der Waals surface area contributed by atoms with E-state index in [-0.39, 0.29) is 23.3 Å². The molecule has 4 rings (SSSR count). The fourth-order valence-electron chi connectivity index (χ4n) is 3.40. The molecule has 1 amide bonds. The van der Waals surface area contributed by atoms with Crippen LogP contribution in [0.2, 0.25) is 0 Å². The first-order valence-corrected chi connectivity index (χ1v) is 10.6. The molecule has 0 unspecified atom stereocenters. The van der Waals surface area contributed by atoms with Gasteiger partial charge in [0.05, 0.1) is 5.69 Å². The minimum atomic E-state index is -0.246. The van der Waals surface area contributed by atoms with Crippen LogP contribution in [-0.4, -0.2) is 28.0 Å². The van der Waals surface area contributed by atoms with Crippen molar-refractivity contribution in [2.24, 2.45) is 5.73 Å². The van der Waals surface area contributed by atoms with Crippen LogP contribution in [0.5, 0.6) is 0 Å². The summed E-state index contributed by atoms with van der Waals surface area (Å²) in [5.41, 5.74) is 9.77. The van der Waals surface area contributed by atoms with Crippen molar-refractivity contribution < 1.29 is 4.79 Å². The Morgan fingerprint density at radius 2 is 1.90 bits per heavy atom. The molecule has 0 spiro atoms. The van der Waals surface area contributed by atoms with Crippen molar-refractivity contribution in [1.29, 1.82) is 0 Å². The van der Waals surface area contributed by atoms with Crippen LogP contribution in [-0.2, 0) is 13.0 Å². The number of hydrogen-bond donors (Lipinski definition) is 3. The topological polar surface area (TPSA) is 102 Å². The van der Waals surface area contributed by atoms with E-state index in [1.165, 1.54) is 4.57 Å². The Labute approximate surface area is 181 Å². The van der Waals surface area contributed by atoms with Crippen molar-refractivity contribution in [3.63, 3.8) is 0 Å². The minimum absolute atomic E-state index is 0.107. The van der Waals surface area contributed by atoms with Crippen molar-refractivity contribution in [2.45, 2.75) is 38.8 Å². The van der Waals surface area contributed by atoms with Crippen molar-refractivity contribution in [2.75, 3.05) is 11.9 Å². The first kappa shape index (κ1) is 20.8. The molecule has 0 bridgehead atoms. The van der Waals surface area contributed by atoms with Gasteiger partial charge in [-0.2, -0.15) is 0 Å². The van der Waals surface area contributed by atoms with Crippen molar-refractivity contribution in [3.05, 3.63) is 87.5 Å². The summed E-state index contributed by atoms with van der Waals surface area (Å²) in [6, 6.07) is 13.8. The smallest absolute Gasteiger partial charge is 0.297 e. The largest absolute Gasteiger partial charge is 0.365 e. The highest BCUT2D eigenvalue weighted by Crippen LogP contribution is 2.20. The van der Waals surface area contributed by atoms with Gasteiger partial charge in [-0.25, -0.2) is 4.98 Å². The lowest BCUT2D eigenvalue weighted by Crippen LogP contribution is -2.27. The van der Waals surface area contributed by atoms with Gasteiger partial charge in [0.2, 0.25) is 0 Å². The summed E-state index contributed by atoms with van der Waals surface area (Å²) in [5.74, 6) is 0.179. The molecule has 0 aliphatic heterocycles. The highest BCUT2D eigenvalue weighted by Gasteiger charge is 2.24. The van der Waals surface area contributed by atoms with Crippen LogP contribution >= 0.6 is 0 Å². The number of nitrogens with two attached hydrogens (primary N) is 1. The van der Waals surface area contributed by atoms with E-state index < -0.39 is 0 Å². The van der Waals surface area contributed by atoms with Gasteiger partial charge >= 0.3 is 0 Å². The molecular weight excluding hydrogens is 390 g/mol. The first-order valence-electron chi connectivity index (χ1n) is 10.6. The lowest BCUT2D eigenvalue weighted by molar-refractivity contribution is 0.0951. The predicted octanol–water partition coefficient (Wildman–Crippen LogP) is 2.55. The Morgan fingerprint density at radius 3 is 2.61 bits per heavy atom. The number of anilines is 1. The third-order valence-electron chi connectivity index (χ3n) is 5.45. The van der Waals surface area contributed by atoms with Crippen molar-refractivity contribution in [1.82, 2.24) is 14.9 Å². The highest BCUT2D eigenvalue weighted by atomic mass is 16.2. The first-order chi connectivity index (χ1) is 15.0. The summed E-state index contributed by atoms with van der Waals surface area (Å²) in [6.45, 7) is 3.02. The molecule has 1 saturated carbocycles. The van der Waals surface area contributed by atoms with E-state index in [1.54, 1.807) is 24.5 Å². The number of nitrogens with zero attached hydrogens (tertiary/aromatic N) is 2. The molecule has 2 aromatic carbocycles. The number of carbonyl (C=O) groups is 1. The van der Waals surface area contributed by atoms with Crippen LogP contribution < -0.4 is 21.9 Å². The number of amides is 1. The number of rotatable bonds is 8. The Hall–Kier alpha value is -3.45. The maximum atomic E-state index is 13.0. The average Bonchev–Trinajstić information content (AvgIpc) is 3.60. The average molecular weight is 418 g/mol. The maximum Gasteiger partial charge on any atom is 0.297 e. The monoisotopic (exact) mass is 417 g/mol. The summed E-state index contributed by atoms with van der Waals surface area (Å²) in [4.78, 5) is 29.7. The second-order valence-electron chi connectivity index (χ2n) is 7.90. The van der Waals surface area contributed by atoms with Crippen molar-refractivity contribution >= 4 is 11.7 Å². The summed E-state index contributed by atoms with van der Waals surface area (Å²) in [6.07, 6.45) is 6.04. The Balaban J connectivity index is 1.50. The molecular formula is C24H27N5O2. The van der Waals surface area contributed by atoms with Crippen LogP contribution in [0.4, 0.5) is 5.82 Å². The molecule has 1 aromatic heterocycles. The zero-order chi connectivity index (χ0) is 21.8. The minimum Gasteiger partial charge on any atom is -0.365 e. The van der Waals surface area contributed by atoms with E-state index in [4.69, 9.17) is 5.73 Å². The highest BCUT2D eigenvalue weighted by molar-refractivity contribution is 5.95. The molecule has 0 saturated heterocycles. The molecule has 1 aliphatic rings. The van der Waals surface area contributed by atoms with Crippen LogP contribution in [0.3, 0.4) is 0 Å². The molecule has 4 N–H and O–H groups in total. The summed E-state index contributed by atoms with van der Waals surface area (Å²) in [5, 5.41) is 6.13. The summed E-state index contributed by atoms with van der Waals surface area (Å²) < 4.78 is 1.54. The number of aryl methyl sites for hydroxylation is 1. The zero-order valence-electron chi connectivity index (χ0n) is 17.6. The molecule has 31 heavy (non-hydrogen) atoms. The quantitative estimate of drug-likeness (QED) is 0.523. The van der Waals surface area contributed by atoms with E-state index in [9.17, 15) is 9.59 Å². The van der Waals surface area contributed by atoms with E-state index in [0.29, 0.717) is 24.3 Å². The predicted molar refractivity (Wildman–Crippen MR) is 122 cm³/mol. The number of benzene rings is 2. The lowest BCUT2D eigenvalue weighted by Gasteiger charge is -2.13. The third kappa shape index (κ3) is 5.00. The molecule has 0 radical (unpaired) electrons. The van der Waals surface area contributed by atoms with Gasteiger partial charge in [-0.15, -0.1) is 0 Å². The van der Waals surface area contributed by atoms with Crippen LogP contribution in [0.25, 0.3) is 5.69 Å². The van der Waals surface area contributed by atoms with E-state index >= 15 is 0 Å². The van der Waals surface area contributed by atoms with E-state index in [2.05, 4.69) is 15.6 Å². The molecule has 0 atom stereocenters. The fourth-order valence-corrected chi connectivity index (χ4v) is 3.40. The van der Waals surface area contributed by atoms with E-state index in [1.807, 2.05) is 37.3 Å². The Bertz CT molecular complexity index is 1130. The lowest BCUT2D eigenvalue weighted by atomic mass is 10.1. The Kier molecular flexibility index (Phi) is 6.13. The van der Waals surface area contributed by atoms with Gasteiger partial charge in [-0.05, 0) is 55.0 Å². The molecule has 7 nitrogen and oxygen atoms in total. The van der Waals surface area contributed by atoms with Crippen molar-refractivity contribution in [3.8, 4) is 5.69 Å². The number of nitrogens with one attached hydrogen (secondary N) is 2. The van der Waals surface area contributed by atoms with Crippen LogP contribution in [0.15, 0.2) is 59.7 Å². The normalized spacial score (nSPS) is 13.1. The van der Waals surface area contributed by atoms with Gasteiger partial charge in [0.1, 0.15) is 0 Å². The molecule has 3 aromatic rings. The fraction of sp³-hybridized carbons (Fsp3) is 0.292. The summed E-state index contributed by atoms with van der Waals surface area (Å²) in [7, 11) is 0. The van der Waals surface area contributed by atoms with Gasteiger partial charge in [-0.1, -0.05) is 30.3 Å². The van der Waals surface area contributed by atoms with Gasteiger partial charge in [-0.3, -0.25) is 14.2 Å². The van der Waals surface area contributed by atoms with Gasteiger partial charge < -0.3 is 16.4 Å².